The molecule has 3 heteroatoms. The monoisotopic (exact) mass is 269 g/mol. The van der Waals surface area contributed by atoms with E-state index in [1.165, 1.54) is 11.1 Å². The minimum Gasteiger partial charge on any atom is -0.320 e. The Morgan fingerprint density at radius 1 is 1.10 bits per heavy atom. The molecule has 0 fully saturated rings. The molecule has 0 aliphatic carbocycles. The van der Waals surface area contributed by atoms with E-state index in [1.54, 1.807) is 0 Å². The van der Waals surface area contributed by atoms with Gasteiger partial charge in [-0.15, -0.1) is 0 Å². The Morgan fingerprint density at radius 3 is 2.50 bits per heavy atom. The number of hydrogen-bond donors (Lipinski definition) is 1. The van der Waals surface area contributed by atoms with E-state index in [0.29, 0.717) is 0 Å². The van der Waals surface area contributed by atoms with Crippen LogP contribution in [0.25, 0.3) is 11.3 Å². The lowest BCUT2D eigenvalue weighted by atomic mass is 10.1. The third-order valence-electron chi connectivity index (χ3n) is 3.39. The van der Waals surface area contributed by atoms with Crippen LogP contribution in [-0.4, -0.2) is 23.6 Å². The number of rotatable bonds is 6. The molecule has 2 aromatic rings. The molecule has 0 saturated carbocycles. The number of nitrogens with one attached hydrogen (secondary N) is 1. The van der Waals surface area contributed by atoms with Crippen molar-refractivity contribution >= 4 is 0 Å². The molecule has 106 valence electrons. The van der Waals surface area contributed by atoms with Crippen LogP contribution in [0.2, 0.25) is 0 Å². The van der Waals surface area contributed by atoms with Crippen molar-refractivity contribution in [1.82, 2.24) is 15.3 Å². The van der Waals surface area contributed by atoms with Crippen molar-refractivity contribution in [3.8, 4) is 11.3 Å². The minimum absolute atomic E-state index is 0.919. The molecule has 1 aromatic carbocycles. The summed E-state index contributed by atoms with van der Waals surface area (Å²) in [6.45, 7) is 5.20. The average Bonchev–Trinajstić information content (AvgIpc) is 2.47. The molecule has 3 nitrogen and oxygen atoms in total. The lowest BCUT2D eigenvalue weighted by Crippen LogP contribution is -2.10. The first-order valence-electron chi connectivity index (χ1n) is 7.31. The normalized spacial score (nSPS) is 10.8. The highest BCUT2D eigenvalue weighted by molar-refractivity contribution is 5.59. The van der Waals surface area contributed by atoms with Crippen molar-refractivity contribution in [2.45, 2.75) is 33.1 Å². The van der Waals surface area contributed by atoms with Gasteiger partial charge in [0.2, 0.25) is 0 Å². The summed E-state index contributed by atoms with van der Waals surface area (Å²) in [4.78, 5) is 9.22. The summed E-state index contributed by atoms with van der Waals surface area (Å²) < 4.78 is 0. The smallest absolute Gasteiger partial charge is 0.129 e. The van der Waals surface area contributed by atoms with E-state index in [1.807, 2.05) is 14.0 Å². The van der Waals surface area contributed by atoms with E-state index in [0.717, 1.165) is 43.0 Å². The van der Waals surface area contributed by atoms with Gasteiger partial charge in [-0.3, -0.25) is 0 Å². The molecule has 20 heavy (non-hydrogen) atoms. The standard InChI is InChI=1S/C17H23N3/c1-4-14-7-9-15(10-8-14)16-12-13(2)19-17(20-16)6-5-11-18-3/h7-10,12,18H,4-6,11H2,1-3H3. The predicted molar refractivity (Wildman–Crippen MR) is 83.8 cm³/mol. The lowest BCUT2D eigenvalue weighted by molar-refractivity contribution is 0.701. The molecule has 1 N–H and O–H groups in total. The van der Waals surface area contributed by atoms with E-state index >= 15 is 0 Å². The van der Waals surface area contributed by atoms with Gasteiger partial charge in [-0.05, 0) is 45.0 Å². The molecule has 0 saturated heterocycles. The van der Waals surface area contributed by atoms with Crippen LogP contribution < -0.4 is 5.32 Å². The van der Waals surface area contributed by atoms with Gasteiger partial charge >= 0.3 is 0 Å². The average molecular weight is 269 g/mol. The molecule has 0 spiro atoms. The molecule has 1 aromatic heterocycles. The maximum Gasteiger partial charge on any atom is 0.129 e. The summed E-state index contributed by atoms with van der Waals surface area (Å²) in [7, 11) is 1.97. The molecule has 0 unspecified atom stereocenters. The second kappa shape index (κ2) is 7.15. The van der Waals surface area contributed by atoms with Crippen LogP contribution in [0.15, 0.2) is 30.3 Å². The highest BCUT2D eigenvalue weighted by Gasteiger charge is 2.05. The maximum atomic E-state index is 4.69. The Morgan fingerprint density at radius 2 is 1.85 bits per heavy atom. The van der Waals surface area contributed by atoms with Gasteiger partial charge in [0.25, 0.3) is 0 Å². The number of nitrogens with zero attached hydrogens (tertiary/aromatic N) is 2. The Balaban J connectivity index is 2.21. The van der Waals surface area contributed by atoms with Crippen LogP contribution in [0, 0.1) is 6.92 Å². The quantitative estimate of drug-likeness (QED) is 0.819. The van der Waals surface area contributed by atoms with Crippen LogP contribution >= 0.6 is 0 Å². The zero-order valence-corrected chi connectivity index (χ0v) is 12.6. The second-order valence-corrected chi connectivity index (χ2v) is 5.07. The lowest BCUT2D eigenvalue weighted by Gasteiger charge is -2.07. The first-order valence-corrected chi connectivity index (χ1v) is 7.31. The van der Waals surface area contributed by atoms with E-state index in [9.17, 15) is 0 Å². The highest BCUT2D eigenvalue weighted by Crippen LogP contribution is 2.19. The molecule has 2 rings (SSSR count). The molecule has 0 aliphatic rings. The molecule has 0 aliphatic heterocycles. The fourth-order valence-corrected chi connectivity index (χ4v) is 2.22. The minimum atomic E-state index is 0.919. The Labute approximate surface area is 121 Å². The van der Waals surface area contributed by atoms with Gasteiger partial charge in [0.1, 0.15) is 5.82 Å². The zero-order chi connectivity index (χ0) is 14.4. The van der Waals surface area contributed by atoms with E-state index in [-0.39, 0.29) is 0 Å². The van der Waals surface area contributed by atoms with Gasteiger partial charge in [-0.25, -0.2) is 9.97 Å². The van der Waals surface area contributed by atoms with Crippen LogP contribution in [0.5, 0.6) is 0 Å². The number of benzene rings is 1. The Bertz CT molecular complexity index is 547. The summed E-state index contributed by atoms with van der Waals surface area (Å²) >= 11 is 0. The number of aryl methyl sites for hydroxylation is 3. The van der Waals surface area contributed by atoms with Gasteiger partial charge in [0, 0.05) is 17.7 Å². The van der Waals surface area contributed by atoms with Crippen LogP contribution in [0.4, 0.5) is 0 Å². The second-order valence-electron chi connectivity index (χ2n) is 5.07. The number of hydrogen-bond acceptors (Lipinski definition) is 3. The molecule has 0 radical (unpaired) electrons. The van der Waals surface area contributed by atoms with E-state index in [2.05, 4.69) is 47.6 Å². The Hall–Kier alpha value is -1.74. The highest BCUT2D eigenvalue weighted by atomic mass is 14.9. The summed E-state index contributed by atoms with van der Waals surface area (Å²) in [5, 5.41) is 3.16. The van der Waals surface area contributed by atoms with Crippen molar-refractivity contribution in [2.75, 3.05) is 13.6 Å². The fourth-order valence-electron chi connectivity index (χ4n) is 2.22. The zero-order valence-electron chi connectivity index (χ0n) is 12.6. The summed E-state index contributed by atoms with van der Waals surface area (Å²) in [5.74, 6) is 0.940. The molecule has 0 bridgehead atoms. The number of aromatic nitrogens is 2. The fraction of sp³-hybridized carbons (Fsp3) is 0.412. The van der Waals surface area contributed by atoms with Gasteiger partial charge in [0.05, 0.1) is 5.69 Å². The van der Waals surface area contributed by atoms with Crippen LogP contribution in [0.1, 0.15) is 30.4 Å². The third-order valence-corrected chi connectivity index (χ3v) is 3.39. The summed E-state index contributed by atoms with van der Waals surface area (Å²) in [5.41, 5.74) is 4.59. The van der Waals surface area contributed by atoms with Crippen LogP contribution in [0.3, 0.4) is 0 Å². The van der Waals surface area contributed by atoms with Gasteiger partial charge in [-0.1, -0.05) is 31.2 Å². The van der Waals surface area contributed by atoms with Gasteiger partial charge in [-0.2, -0.15) is 0 Å². The first-order chi connectivity index (χ1) is 9.72. The van der Waals surface area contributed by atoms with Crippen LogP contribution in [-0.2, 0) is 12.8 Å². The maximum absolute atomic E-state index is 4.69. The van der Waals surface area contributed by atoms with Crippen molar-refractivity contribution in [3.05, 3.63) is 47.4 Å². The summed E-state index contributed by atoms with van der Waals surface area (Å²) in [6.07, 6.45) is 3.05. The molecular formula is C17H23N3. The first kappa shape index (κ1) is 14.7. The van der Waals surface area contributed by atoms with E-state index < -0.39 is 0 Å². The van der Waals surface area contributed by atoms with Gasteiger partial charge < -0.3 is 5.32 Å². The largest absolute Gasteiger partial charge is 0.320 e. The van der Waals surface area contributed by atoms with E-state index in [4.69, 9.17) is 4.98 Å². The predicted octanol–water partition coefficient (Wildman–Crippen LogP) is 3.17. The Kier molecular flexibility index (Phi) is 5.24. The van der Waals surface area contributed by atoms with Crippen molar-refractivity contribution in [3.63, 3.8) is 0 Å². The summed E-state index contributed by atoms with van der Waals surface area (Å²) in [6, 6.07) is 10.7. The molecule has 1 heterocycles. The van der Waals surface area contributed by atoms with Crippen molar-refractivity contribution in [1.29, 1.82) is 0 Å². The topological polar surface area (TPSA) is 37.8 Å². The van der Waals surface area contributed by atoms with Gasteiger partial charge in [0.15, 0.2) is 0 Å². The van der Waals surface area contributed by atoms with Crippen molar-refractivity contribution in [2.24, 2.45) is 0 Å². The molecule has 0 amide bonds. The molecule has 0 atom stereocenters. The molecular weight excluding hydrogens is 246 g/mol. The van der Waals surface area contributed by atoms with Crippen molar-refractivity contribution < 1.29 is 0 Å². The third kappa shape index (κ3) is 3.87. The SMILES string of the molecule is CCc1ccc(-c2cc(C)nc(CCCNC)n2)cc1.